The summed E-state index contributed by atoms with van der Waals surface area (Å²) in [7, 11) is 0. The number of benzene rings is 2. The van der Waals surface area contributed by atoms with Gasteiger partial charge in [-0.25, -0.2) is 8.78 Å². The zero-order valence-electron chi connectivity index (χ0n) is 8.30. The molecule has 2 aromatic carbocycles. The van der Waals surface area contributed by atoms with Gasteiger partial charge in [-0.3, -0.25) is 0 Å². The summed E-state index contributed by atoms with van der Waals surface area (Å²) in [5, 5.41) is 0. The van der Waals surface area contributed by atoms with E-state index in [0.29, 0.717) is 5.56 Å². The van der Waals surface area contributed by atoms with Gasteiger partial charge in [-0.05, 0) is 24.6 Å². The second-order valence-corrected chi connectivity index (χ2v) is 3.49. The van der Waals surface area contributed by atoms with Gasteiger partial charge in [0.25, 0.3) is 0 Å². The molecule has 0 N–H and O–H groups in total. The predicted molar refractivity (Wildman–Crippen MR) is 56.5 cm³/mol. The summed E-state index contributed by atoms with van der Waals surface area (Å²) >= 11 is 0. The molecule has 0 saturated heterocycles. The molecule has 0 radical (unpaired) electrons. The van der Waals surface area contributed by atoms with Crippen molar-refractivity contribution < 1.29 is 8.78 Å². The summed E-state index contributed by atoms with van der Waals surface area (Å²) in [6.45, 7) is 1.94. The normalized spacial score (nSPS) is 10.3. The highest BCUT2D eigenvalue weighted by atomic mass is 19.1. The van der Waals surface area contributed by atoms with Gasteiger partial charge < -0.3 is 0 Å². The van der Waals surface area contributed by atoms with Crippen molar-refractivity contribution in [1.82, 2.24) is 0 Å². The van der Waals surface area contributed by atoms with E-state index in [-0.39, 0.29) is 0 Å². The van der Waals surface area contributed by atoms with Crippen molar-refractivity contribution in [3.05, 3.63) is 59.7 Å². The largest absolute Gasteiger partial charge is 0.207 e. The minimum Gasteiger partial charge on any atom is -0.207 e. The zero-order valence-corrected chi connectivity index (χ0v) is 8.30. The average molecular weight is 204 g/mol. The lowest BCUT2D eigenvalue weighted by atomic mass is 10.0. The highest BCUT2D eigenvalue weighted by Gasteiger charge is 2.05. The Morgan fingerprint density at radius 2 is 1.73 bits per heavy atom. The molecular formula is C13H10F2. The first-order valence-corrected chi connectivity index (χ1v) is 4.69. The molecule has 2 aromatic rings. The van der Waals surface area contributed by atoms with Crippen LogP contribution in [0.3, 0.4) is 0 Å². The van der Waals surface area contributed by atoms with Crippen molar-refractivity contribution >= 4 is 0 Å². The fourth-order valence-corrected chi connectivity index (χ4v) is 1.54. The number of hydrogen-bond donors (Lipinski definition) is 0. The van der Waals surface area contributed by atoms with Gasteiger partial charge in [-0.15, -0.1) is 0 Å². The first-order valence-electron chi connectivity index (χ1n) is 4.69. The van der Waals surface area contributed by atoms with E-state index in [1.54, 1.807) is 0 Å². The lowest BCUT2D eigenvalue weighted by molar-refractivity contribution is 0.585. The van der Waals surface area contributed by atoms with Gasteiger partial charge >= 0.3 is 0 Å². The van der Waals surface area contributed by atoms with Gasteiger partial charge in [0.2, 0.25) is 0 Å². The Bertz CT molecular complexity index is 490. The summed E-state index contributed by atoms with van der Waals surface area (Å²) in [6.07, 6.45) is 0. The first kappa shape index (κ1) is 9.84. The van der Waals surface area contributed by atoms with E-state index in [0.717, 1.165) is 17.2 Å². The van der Waals surface area contributed by atoms with Crippen molar-refractivity contribution in [2.24, 2.45) is 0 Å². The molecule has 15 heavy (non-hydrogen) atoms. The lowest BCUT2D eigenvalue weighted by Crippen LogP contribution is -1.86. The number of rotatable bonds is 1. The molecule has 0 fully saturated rings. The van der Waals surface area contributed by atoms with Crippen LogP contribution in [0.4, 0.5) is 8.78 Å². The van der Waals surface area contributed by atoms with Crippen LogP contribution in [0.1, 0.15) is 5.56 Å². The minimum absolute atomic E-state index is 0.431. The van der Waals surface area contributed by atoms with E-state index in [1.165, 1.54) is 12.1 Å². The number of aryl methyl sites for hydroxylation is 1. The van der Waals surface area contributed by atoms with Crippen LogP contribution in [-0.4, -0.2) is 0 Å². The Kier molecular flexibility index (Phi) is 2.50. The van der Waals surface area contributed by atoms with Gasteiger partial charge in [0.15, 0.2) is 0 Å². The second kappa shape index (κ2) is 3.81. The van der Waals surface area contributed by atoms with E-state index in [4.69, 9.17) is 0 Å². The third-order valence-electron chi connectivity index (χ3n) is 2.26. The first-order chi connectivity index (χ1) is 7.16. The van der Waals surface area contributed by atoms with Crippen molar-refractivity contribution in [2.45, 2.75) is 6.92 Å². The number of hydrogen-bond acceptors (Lipinski definition) is 0. The van der Waals surface area contributed by atoms with E-state index >= 15 is 0 Å². The Labute approximate surface area is 87.2 Å². The monoisotopic (exact) mass is 204 g/mol. The van der Waals surface area contributed by atoms with Gasteiger partial charge in [0.05, 0.1) is 0 Å². The molecule has 0 nitrogen and oxygen atoms in total. The van der Waals surface area contributed by atoms with Gasteiger partial charge in [-0.2, -0.15) is 0 Å². The second-order valence-electron chi connectivity index (χ2n) is 3.49. The molecule has 2 heteroatoms. The fraction of sp³-hybridized carbons (Fsp3) is 0.0769. The molecule has 0 unspecified atom stereocenters. The van der Waals surface area contributed by atoms with E-state index in [1.807, 2.05) is 31.2 Å². The minimum atomic E-state index is -0.552. The molecule has 76 valence electrons. The van der Waals surface area contributed by atoms with Crippen LogP contribution in [0, 0.1) is 18.6 Å². The summed E-state index contributed by atoms with van der Waals surface area (Å²) < 4.78 is 26.1. The van der Waals surface area contributed by atoms with Crippen LogP contribution in [0.15, 0.2) is 42.5 Å². The van der Waals surface area contributed by atoms with Crippen LogP contribution in [0.5, 0.6) is 0 Å². The SMILES string of the molecule is Cc1cccc(-c2ccc(F)cc2F)c1. The molecule has 0 saturated carbocycles. The maximum Gasteiger partial charge on any atom is 0.133 e. The molecule has 0 aliphatic rings. The molecule has 0 spiro atoms. The van der Waals surface area contributed by atoms with Crippen LogP contribution in [0.2, 0.25) is 0 Å². The predicted octanol–water partition coefficient (Wildman–Crippen LogP) is 3.94. The lowest BCUT2D eigenvalue weighted by Gasteiger charge is -2.04. The third-order valence-corrected chi connectivity index (χ3v) is 2.26. The van der Waals surface area contributed by atoms with E-state index in [9.17, 15) is 8.78 Å². The Hall–Kier alpha value is -1.70. The van der Waals surface area contributed by atoms with Crippen molar-refractivity contribution in [3.8, 4) is 11.1 Å². The third kappa shape index (κ3) is 2.04. The molecule has 0 bridgehead atoms. The maximum atomic E-state index is 13.4. The van der Waals surface area contributed by atoms with Crippen molar-refractivity contribution in [3.63, 3.8) is 0 Å². The molecule has 0 aliphatic carbocycles. The van der Waals surface area contributed by atoms with Gasteiger partial charge in [0, 0.05) is 11.6 Å². The zero-order chi connectivity index (χ0) is 10.8. The summed E-state index contributed by atoms with van der Waals surface area (Å²) in [5.41, 5.74) is 2.25. The molecule has 2 rings (SSSR count). The Balaban J connectivity index is 2.54. The van der Waals surface area contributed by atoms with Crippen molar-refractivity contribution in [2.75, 3.05) is 0 Å². The highest BCUT2D eigenvalue weighted by molar-refractivity contribution is 5.64. The van der Waals surface area contributed by atoms with Crippen LogP contribution in [0.25, 0.3) is 11.1 Å². The Morgan fingerprint density at radius 1 is 0.933 bits per heavy atom. The topological polar surface area (TPSA) is 0 Å². The molecule has 0 amide bonds. The fourth-order valence-electron chi connectivity index (χ4n) is 1.54. The smallest absolute Gasteiger partial charge is 0.133 e. The quantitative estimate of drug-likeness (QED) is 0.660. The molecule has 0 aliphatic heterocycles. The van der Waals surface area contributed by atoms with E-state index < -0.39 is 11.6 Å². The standard InChI is InChI=1S/C13H10F2/c1-9-3-2-4-10(7-9)12-6-5-11(14)8-13(12)15/h2-8H,1H3. The van der Waals surface area contributed by atoms with Gasteiger partial charge in [-0.1, -0.05) is 29.8 Å². The molecule has 0 atom stereocenters. The molecular weight excluding hydrogens is 194 g/mol. The number of halogens is 2. The van der Waals surface area contributed by atoms with Crippen LogP contribution in [-0.2, 0) is 0 Å². The van der Waals surface area contributed by atoms with Gasteiger partial charge in [0.1, 0.15) is 11.6 Å². The molecule has 0 aromatic heterocycles. The maximum absolute atomic E-state index is 13.4. The Morgan fingerprint density at radius 3 is 2.40 bits per heavy atom. The summed E-state index contributed by atoms with van der Waals surface area (Å²) in [4.78, 5) is 0. The van der Waals surface area contributed by atoms with Crippen LogP contribution < -0.4 is 0 Å². The molecule has 0 heterocycles. The van der Waals surface area contributed by atoms with Crippen molar-refractivity contribution in [1.29, 1.82) is 0 Å². The summed E-state index contributed by atoms with van der Waals surface area (Å²) in [6, 6.07) is 11.1. The summed E-state index contributed by atoms with van der Waals surface area (Å²) in [5.74, 6) is -1.08. The average Bonchev–Trinajstić information content (AvgIpc) is 2.17. The van der Waals surface area contributed by atoms with Crippen LogP contribution >= 0.6 is 0 Å². The highest BCUT2D eigenvalue weighted by Crippen LogP contribution is 2.23. The van der Waals surface area contributed by atoms with E-state index in [2.05, 4.69) is 0 Å².